The molecule has 0 spiro atoms. The lowest BCUT2D eigenvalue weighted by atomic mass is 9.87. The molecule has 0 saturated heterocycles. The highest BCUT2D eigenvalue weighted by Gasteiger charge is 2.12. The third-order valence-electron chi connectivity index (χ3n) is 4.02. The lowest BCUT2D eigenvalue weighted by Crippen LogP contribution is -2.12. The third-order valence-corrected chi connectivity index (χ3v) is 4.02. The van der Waals surface area contributed by atoms with Crippen molar-refractivity contribution in [3.8, 4) is 6.07 Å². The standard InChI is InChI=1S/C16H23N3/c17-10-8-14-12-15(6-7-16(14)18)19-11-9-13-4-2-1-3-5-13/h6-7,12-13,19H,1-5,8-9,11,18H2. The van der Waals surface area contributed by atoms with Crippen LogP contribution in [-0.2, 0) is 6.42 Å². The molecular formula is C16H23N3. The Balaban J connectivity index is 1.82. The summed E-state index contributed by atoms with van der Waals surface area (Å²) in [5, 5.41) is 12.2. The van der Waals surface area contributed by atoms with Crippen molar-refractivity contribution in [3.05, 3.63) is 23.8 Å². The Bertz CT molecular complexity index is 442. The molecular weight excluding hydrogens is 234 g/mol. The van der Waals surface area contributed by atoms with E-state index in [9.17, 15) is 0 Å². The molecule has 1 aliphatic rings. The molecule has 1 saturated carbocycles. The van der Waals surface area contributed by atoms with Gasteiger partial charge in [-0.25, -0.2) is 0 Å². The van der Waals surface area contributed by atoms with Crippen LogP contribution in [-0.4, -0.2) is 6.54 Å². The molecule has 0 amide bonds. The number of nitrogens with two attached hydrogens (primary N) is 1. The van der Waals surface area contributed by atoms with Gasteiger partial charge in [-0.05, 0) is 36.1 Å². The van der Waals surface area contributed by atoms with Crippen molar-refractivity contribution in [2.24, 2.45) is 5.92 Å². The van der Waals surface area contributed by atoms with Crippen molar-refractivity contribution < 1.29 is 0 Å². The molecule has 0 heterocycles. The van der Waals surface area contributed by atoms with Gasteiger partial charge in [-0.15, -0.1) is 0 Å². The summed E-state index contributed by atoms with van der Waals surface area (Å²) in [4.78, 5) is 0. The van der Waals surface area contributed by atoms with E-state index in [1.165, 1.54) is 38.5 Å². The van der Waals surface area contributed by atoms with Gasteiger partial charge in [0.1, 0.15) is 0 Å². The first-order valence-corrected chi connectivity index (χ1v) is 7.29. The SMILES string of the molecule is N#CCc1cc(NCCC2CCCCC2)ccc1N. The summed E-state index contributed by atoms with van der Waals surface area (Å²) >= 11 is 0. The quantitative estimate of drug-likeness (QED) is 0.790. The number of nitrogens with one attached hydrogen (secondary N) is 1. The van der Waals surface area contributed by atoms with Crippen molar-refractivity contribution >= 4 is 11.4 Å². The summed E-state index contributed by atoms with van der Waals surface area (Å²) in [7, 11) is 0. The van der Waals surface area contributed by atoms with E-state index in [2.05, 4.69) is 11.4 Å². The maximum Gasteiger partial charge on any atom is 0.0670 e. The van der Waals surface area contributed by atoms with Crippen molar-refractivity contribution in [1.82, 2.24) is 0 Å². The first-order chi connectivity index (χ1) is 9.29. The molecule has 1 aromatic rings. The molecule has 0 atom stereocenters. The van der Waals surface area contributed by atoms with Crippen LogP contribution in [0.15, 0.2) is 18.2 Å². The highest BCUT2D eigenvalue weighted by atomic mass is 14.9. The fraction of sp³-hybridized carbons (Fsp3) is 0.562. The van der Waals surface area contributed by atoms with E-state index in [0.717, 1.165) is 23.7 Å². The van der Waals surface area contributed by atoms with Gasteiger partial charge in [0.25, 0.3) is 0 Å². The molecule has 3 N–H and O–H groups in total. The first kappa shape index (κ1) is 13.7. The van der Waals surface area contributed by atoms with Crippen molar-refractivity contribution in [3.63, 3.8) is 0 Å². The Morgan fingerprint density at radius 2 is 2.05 bits per heavy atom. The maximum atomic E-state index is 8.76. The van der Waals surface area contributed by atoms with Gasteiger partial charge in [0.15, 0.2) is 0 Å². The molecule has 1 aromatic carbocycles. The predicted molar refractivity (Wildman–Crippen MR) is 79.9 cm³/mol. The summed E-state index contributed by atoms with van der Waals surface area (Å²) in [5.74, 6) is 0.897. The molecule has 0 aliphatic heterocycles. The molecule has 3 nitrogen and oxygen atoms in total. The number of hydrogen-bond donors (Lipinski definition) is 2. The molecule has 102 valence electrons. The number of benzene rings is 1. The largest absolute Gasteiger partial charge is 0.398 e. The zero-order chi connectivity index (χ0) is 13.5. The third kappa shape index (κ3) is 4.17. The second-order valence-electron chi connectivity index (χ2n) is 5.47. The zero-order valence-corrected chi connectivity index (χ0v) is 11.5. The number of rotatable bonds is 5. The minimum atomic E-state index is 0.379. The van der Waals surface area contributed by atoms with Crippen LogP contribution < -0.4 is 11.1 Å². The van der Waals surface area contributed by atoms with Crippen molar-refractivity contribution in [1.29, 1.82) is 5.26 Å². The minimum absolute atomic E-state index is 0.379. The Morgan fingerprint density at radius 1 is 1.26 bits per heavy atom. The van der Waals surface area contributed by atoms with Crippen LogP contribution in [0.3, 0.4) is 0 Å². The van der Waals surface area contributed by atoms with E-state index in [0.29, 0.717) is 12.1 Å². The fourth-order valence-electron chi connectivity index (χ4n) is 2.85. The van der Waals surface area contributed by atoms with E-state index in [-0.39, 0.29) is 0 Å². The molecule has 0 radical (unpaired) electrons. The van der Waals surface area contributed by atoms with Crippen LogP contribution in [0.4, 0.5) is 11.4 Å². The molecule has 1 aliphatic carbocycles. The van der Waals surface area contributed by atoms with Crippen molar-refractivity contribution in [2.45, 2.75) is 44.9 Å². The van der Waals surface area contributed by atoms with E-state index in [1.54, 1.807) is 0 Å². The van der Waals surface area contributed by atoms with E-state index in [1.807, 2.05) is 18.2 Å². The molecule has 19 heavy (non-hydrogen) atoms. The summed E-state index contributed by atoms with van der Waals surface area (Å²) in [6.07, 6.45) is 8.63. The molecule has 0 bridgehead atoms. The lowest BCUT2D eigenvalue weighted by molar-refractivity contribution is 0.345. The number of nitriles is 1. The van der Waals surface area contributed by atoms with Gasteiger partial charge in [0, 0.05) is 17.9 Å². The predicted octanol–water partition coefficient (Wildman–Crippen LogP) is 3.72. The average Bonchev–Trinajstić information content (AvgIpc) is 2.44. The number of nitrogens with zero attached hydrogens (tertiary/aromatic N) is 1. The Labute approximate surface area is 115 Å². The highest BCUT2D eigenvalue weighted by molar-refractivity contribution is 5.57. The summed E-state index contributed by atoms with van der Waals surface area (Å²) < 4.78 is 0. The van der Waals surface area contributed by atoms with Crippen LogP contribution in [0.1, 0.15) is 44.1 Å². The molecule has 0 aromatic heterocycles. The number of nitrogen functional groups attached to an aromatic ring is 1. The van der Waals surface area contributed by atoms with Gasteiger partial charge in [-0.3, -0.25) is 0 Å². The molecule has 0 unspecified atom stereocenters. The molecule has 1 fully saturated rings. The fourth-order valence-corrected chi connectivity index (χ4v) is 2.85. The first-order valence-electron chi connectivity index (χ1n) is 7.29. The van der Waals surface area contributed by atoms with Gasteiger partial charge < -0.3 is 11.1 Å². The van der Waals surface area contributed by atoms with E-state index in [4.69, 9.17) is 11.0 Å². The second-order valence-corrected chi connectivity index (χ2v) is 5.47. The molecule has 2 rings (SSSR count). The number of hydrogen-bond acceptors (Lipinski definition) is 3. The average molecular weight is 257 g/mol. The van der Waals surface area contributed by atoms with Crippen LogP contribution in [0.5, 0.6) is 0 Å². The molecule has 3 heteroatoms. The zero-order valence-electron chi connectivity index (χ0n) is 11.5. The lowest BCUT2D eigenvalue weighted by Gasteiger charge is -2.21. The Hall–Kier alpha value is -1.69. The highest BCUT2D eigenvalue weighted by Crippen LogP contribution is 2.26. The van der Waals surface area contributed by atoms with Gasteiger partial charge in [0.05, 0.1) is 12.5 Å². The maximum absolute atomic E-state index is 8.76. The summed E-state index contributed by atoms with van der Waals surface area (Å²) in [5.41, 5.74) is 8.55. The normalized spacial score (nSPS) is 15.9. The summed E-state index contributed by atoms with van der Waals surface area (Å²) in [6, 6.07) is 8.03. The van der Waals surface area contributed by atoms with Crippen LogP contribution >= 0.6 is 0 Å². The van der Waals surface area contributed by atoms with Gasteiger partial charge in [-0.2, -0.15) is 5.26 Å². The van der Waals surface area contributed by atoms with Gasteiger partial charge in [0.2, 0.25) is 0 Å². The van der Waals surface area contributed by atoms with E-state index < -0.39 is 0 Å². The minimum Gasteiger partial charge on any atom is -0.398 e. The summed E-state index contributed by atoms with van der Waals surface area (Å²) in [6.45, 7) is 1.01. The van der Waals surface area contributed by atoms with Gasteiger partial charge in [-0.1, -0.05) is 32.1 Å². The van der Waals surface area contributed by atoms with E-state index >= 15 is 0 Å². The second kappa shape index (κ2) is 7.04. The topological polar surface area (TPSA) is 61.8 Å². The van der Waals surface area contributed by atoms with Crippen LogP contribution in [0.2, 0.25) is 0 Å². The van der Waals surface area contributed by atoms with Crippen molar-refractivity contribution in [2.75, 3.05) is 17.6 Å². The number of anilines is 2. The Kier molecular flexibility index (Phi) is 5.09. The monoisotopic (exact) mass is 257 g/mol. The van der Waals surface area contributed by atoms with Crippen LogP contribution in [0, 0.1) is 17.2 Å². The van der Waals surface area contributed by atoms with Gasteiger partial charge >= 0.3 is 0 Å². The van der Waals surface area contributed by atoms with Crippen LogP contribution in [0.25, 0.3) is 0 Å². The smallest absolute Gasteiger partial charge is 0.0670 e. The Morgan fingerprint density at radius 3 is 2.79 bits per heavy atom.